The zero-order valence-corrected chi connectivity index (χ0v) is 15.5. The van der Waals surface area contributed by atoms with Gasteiger partial charge < -0.3 is 10.2 Å². The van der Waals surface area contributed by atoms with Gasteiger partial charge in [0.25, 0.3) is 0 Å². The third-order valence-corrected chi connectivity index (χ3v) is 4.76. The highest BCUT2D eigenvalue weighted by molar-refractivity contribution is 6.03. The fourth-order valence-electron chi connectivity index (χ4n) is 3.08. The van der Waals surface area contributed by atoms with Gasteiger partial charge in [-0.25, -0.2) is 4.79 Å². The first-order chi connectivity index (χ1) is 13.1. The van der Waals surface area contributed by atoms with E-state index in [4.69, 9.17) is 0 Å². The molecule has 5 nitrogen and oxygen atoms in total. The molecule has 2 aromatic rings. The maximum atomic E-state index is 12.9. The van der Waals surface area contributed by atoms with Crippen LogP contribution < -0.4 is 10.2 Å². The molecule has 0 saturated carbocycles. The molecule has 3 amide bonds. The number of hydrogen-bond acceptors (Lipinski definition) is 2. The average molecular weight is 391 g/mol. The molecule has 2 aromatic carbocycles. The molecule has 1 saturated heterocycles. The first-order valence-corrected chi connectivity index (χ1v) is 8.73. The van der Waals surface area contributed by atoms with E-state index in [9.17, 15) is 22.8 Å². The smallest absolute Gasteiger partial charge is 0.324 e. The molecule has 1 aliphatic rings. The maximum absolute atomic E-state index is 12.9. The van der Waals surface area contributed by atoms with Gasteiger partial charge in [0, 0.05) is 24.5 Å². The van der Waals surface area contributed by atoms with Gasteiger partial charge in [0.15, 0.2) is 0 Å². The number of amides is 3. The van der Waals surface area contributed by atoms with E-state index in [0.29, 0.717) is 13.1 Å². The number of para-hydroxylation sites is 1. The Bertz CT molecular complexity index is 882. The Balaban J connectivity index is 1.76. The molecule has 8 heteroatoms. The highest BCUT2D eigenvalue weighted by atomic mass is 19.4. The first-order valence-electron chi connectivity index (χ1n) is 8.73. The lowest BCUT2D eigenvalue weighted by molar-refractivity contribution is -0.137. The fraction of sp³-hybridized carbons (Fsp3) is 0.300. The van der Waals surface area contributed by atoms with Gasteiger partial charge in [-0.1, -0.05) is 24.3 Å². The zero-order valence-electron chi connectivity index (χ0n) is 15.5. The number of nitrogens with one attached hydrogen (secondary N) is 1. The minimum Gasteiger partial charge on any atom is -0.324 e. The van der Waals surface area contributed by atoms with Gasteiger partial charge in [-0.15, -0.1) is 0 Å². The summed E-state index contributed by atoms with van der Waals surface area (Å²) < 4.78 is 38.6. The lowest BCUT2D eigenvalue weighted by Gasteiger charge is -2.33. The number of halogens is 3. The van der Waals surface area contributed by atoms with Crippen LogP contribution in [0.15, 0.2) is 54.6 Å². The van der Waals surface area contributed by atoms with E-state index in [1.54, 1.807) is 30.9 Å². The Morgan fingerprint density at radius 3 is 2.32 bits per heavy atom. The highest BCUT2D eigenvalue weighted by Crippen LogP contribution is 2.31. The molecule has 1 fully saturated rings. The Hall–Kier alpha value is -3.03. The lowest BCUT2D eigenvalue weighted by atomic mass is 10.0. The summed E-state index contributed by atoms with van der Waals surface area (Å²) in [4.78, 5) is 28.6. The summed E-state index contributed by atoms with van der Waals surface area (Å²) >= 11 is 0. The second kappa shape index (κ2) is 7.18. The normalized spacial score (nSPS) is 15.1. The molecule has 1 N–H and O–H groups in total. The minimum atomic E-state index is -4.50. The van der Waals surface area contributed by atoms with Gasteiger partial charge in [0.1, 0.15) is 5.54 Å². The van der Waals surface area contributed by atoms with Crippen molar-refractivity contribution in [1.29, 1.82) is 0 Å². The number of carbonyl (C=O) groups is 2. The summed E-state index contributed by atoms with van der Waals surface area (Å²) in [5, 5.41) is 2.50. The van der Waals surface area contributed by atoms with Crippen LogP contribution in [-0.2, 0) is 11.0 Å². The number of nitrogens with zero attached hydrogens (tertiary/aromatic N) is 2. The van der Waals surface area contributed by atoms with E-state index in [0.717, 1.165) is 17.8 Å². The molecule has 148 valence electrons. The Labute approximate surface area is 160 Å². The van der Waals surface area contributed by atoms with E-state index >= 15 is 0 Å². The molecule has 0 aliphatic carbocycles. The van der Waals surface area contributed by atoms with Gasteiger partial charge >= 0.3 is 12.2 Å². The van der Waals surface area contributed by atoms with Crippen LogP contribution in [0.25, 0.3) is 0 Å². The molecular formula is C20H20F3N3O2. The summed E-state index contributed by atoms with van der Waals surface area (Å²) in [6, 6.07) is 13.2. The molecule has 0 aromatic heterocycles. The molecule has 3 rings (SSSR count). The predicted molar refractivity (Wildman–Crippen MR) is 100 cm³/mol. The van der Waals surface area contributed by atoms with Crippen molar-refractivity contribution in [2.45, 2.75) is 25.6 Å². The Morgan fingerprint density at radius 2 is 1.68 bits per heavy atom. The van der Waals surface area contributed by atoms with Crippen molar-refractivity contribution in [1.82, 2.24) is 4.90 Å². The predicted octanol–water partition coefficient (Wildman–Crippen LogP) is 4.36. The third-order valence-electron chi connectivity index (χ3n) is 4.76. The van der Waals surface area contributed by atoms with E-state index in [1.165, 1.54) is 17.0 Å². The number of hydrogen-bond donors (Lipinski definition) is 1. The van der Waals surface area contributed by atoms with Crippen LogP contribution in [0.5, 0.6) is 0 Å². The molecule has 0 spiro atoms. The lowest BCUT2D eigenvalue weighted by Crippen LogP contribution is -2.54. The largest absolute Gasteiger partial charge is 0.416 e. The SMILES string of the molecule is CC(C)(C(=O)Nc1cccc(C(F)(F)F)c1)N1CCN(c2ccccc2)C1=O. The summed E-state index contributed by atoms with van der Waals surface area (Å²) in [6.07, 6.45) is -4.50. The van der Waals surface area contributed by atoms with Gasteiger partial charge in [-0.05, 0) is 44.2 Å². The number of alkyl halides is 3. The summed E-state index contributed by atoms with van der Waals surface area (Å²) in [7, 11) is 0. The van der Waals surface area contributed by atoms with Crippen LogP contribution >= 0.6 is 0 Å². The fourth-order valence-corrected chi connectivity index (χ4v) is 3.08. The monoisotopic (exact) mass is 391 g/mol. The van der Waals surface area contributed by atoms with Gasteiger partial charge in [0.2, 0.25) is 5.91 Å². The molecule has 1 aliphatic heterocycles. The van der Waals surface area contributed by atoms with Gasteiger partial charge in [0.05, 0.1) is 5.56 Å². The van der Waals surface area contributed by atoms with Crippen LogP contribution in [0.4, 0.5) is 29.3 Å². The number of carbonyl (C=O) groups excluding carboxylic acids is 2. The highest BCUT2D eigenvalue weighted by Gasteiger charge is 2.43. The number of benzene rings is 2. The standard InChI is InChI=1S/C20H20F3N3O2/c1-19(2,17(27)24-15-8-6-7-14(13-15)20(21,22)23)26-12-11-25(18(26)28)16-9-4-3-5-10-16/h3-10,13H,11-12H2,1-2H3,(H,24,27). The van der Waals surface area contributed by atoms with Crippen molar-refractivity contribution in [3.8, 4) is 0 Å². The van der Waals surface area contributed by atoms with Crippen molar-refractivity contribution in [2.75, 3.05) is 23.3 Å². The molecular weight excluding hydrogens is 371 g/mol. The summed E-state index contributed by atoms with van der Waals surface area (Å²) in [5.41, 5.74) is -1.34. The molecule has 0 unspecified atom stereocenters. The van der Waals surface area contributed by atoms with Crippen molar-refractivity contribution in [2.24, 2.45) is 0 Å². The quantitative estimate of drug-likeness (QED) is 0.842. The summed E-state index contributed by atoms with van der Waals surface area (Å²) in [5.74, 6) is -0.560. The summed E-state index contributed by atoms with van der Waals surface area (Å²) in [6.45, 7) is 3.89. The molecule has 1 heterocycles. The van der Waals surface area contributed by atoms with Crippen LogP contribution in [-0.4, -0.2) is 35.5 Å². The molecule has 0 radical (unpaired) electrons. The Morgan fingerprint density at radius 1 is 1.00 bits per heavy atom. The molecule has 28 heavy (non-hydrogen) atoms. The maximum Gasteiger partial charge on any atom is 0.416 e. The van der Waals surface area contributed by atoms with Crippen molar-refractivity contribution >= 4 is 23.3 Å². The number of urea groups is 1. The zero-order chi connectivity index (χ0) is 20.5. The van der Waals surface area contributed by atoms with E-state index < -0.39 is 23.2 Å². The van der Waals surface area contributed by atoms with Crippen LogP contribution in [0.2, 0.25) is 0 Å². The van der Waals surface area contributed by atoms with Crippen molar-refractivity contribution in [3.05, 3.63) is 60.2 Å². The second-order valence-corrected chi connectivity index (χ2v) is 7.01. The number of rotatable bonds is 4. The first kappa shape index (κ1) is 19.7. The van der Waals surface area contributed by atoms with E-state index in [-0.39, 0.29) is 11.7 Å². The van der Waals surface area contributed by atoms with Crippen molar-refractivity contribution in [3.63, 3.8) is 0 Å². The molecule has 0 atom stereocenters. The number of anilines is 2. The van der Waals surface area contributed by atoms with E-state index in [2.05, 4.69) is 5.32 Å². The average Bonchev–Trinajstić information content (AvgIpc) is 3.04. The molecule has 0 bridgehead atoms. The Kier molecular flexibility index (Phi) is 5.06. The second-order valence-electron chi connectivity index (χ2n) is 7.01. The van der Waals surface area contributed by atoms with Crippen LogP contribution in [0.3, 0.4) is 0 Å². The van der Waals surface area contributed by atoms with Crippen LogP contribution in [0, 0.1) is 0 Å². The topological polar surface area (TPSA) is 52.7 Å². The van der Waals surface area contributed by atoms with E-state index in [1.807, 2.05) is 18.2 Å². The minimum absolute atomic E-state index is 0.0273. The third kappa shape index (κ3) is 3.81. The van der Waals surface area contributed by atoms with Gasteiger partial charge in [-0.3, -0.25) is 9.69 Å². The van der Waals surface area contributed by atoms with Crippen molar-refractivity contribution < 1.29 is 22.8 Å². The van der Waals surface area contributed by atoms with Gasteiger partial charge in [-0.2, -0.15) is 13.2 Å². The van der Waals surface area contributed by atoms with Crippen LogP contribution in [0.1, 0.15) is 19.4 Å².